The maximum Gasteiger partial charge on any atom is 0.264 e. The van der Waals surface area contributed by atoms with E-state index in [4.69, 9.17) is 23.2 Å². The van der Waals surface area contributed by atoms with Crippen molar-refractivity contribution in [3.8, 4) is 0 Å². The van der Waals surface area contributed by atoms with E-state index in [1.54, 1.807) is 67.6 Å². The van der Waals surface area contributed by atoms with Gasteiger partial charge in [0.05, 0.1) is 15.6 Å². The van der Waals surface area contributed by atoms with Crippen LogP contribution in [0.2, 0.25) is 10.0 Å². The fourth-order valence-corrected chi connectivity index (χ4v) is 6.71. The molecule has 2 amide bonds. The molecule has 1 N–H and O–H groups in total. The second kappa shape index (κ2) is 13.1. The molecule has 0 spiro atoms. The summed E-state index contributed by atoms with van der Waals surface area (Å²) in [6.07, 6.45) is 3.88. The van der Waals surface area contributed by atoms with Crippen LogP contribution in [0.15, 0.2) is 77.7 Å². The number of carbonyl (C=O) groups is 2. The molecule has 40 heavy (non-hydrogen) atoms. The van der Waals surface area contributed by atoms with Gasteiger partial charge in [0.15, 0.2) is 0 Å². The first-order chi connectivity index (χ1) is 19.1. The summed E-state index contributed by atoms with van der Waals surface area (Å²) >= 11 is 12.9. The Hall–Kier alpha value is -3.07. The maximum atomic E-state index is 14.0. The van der Waals surface area contributed by atoms with Gasteiger partial charge < -0.3 is 10.2 Å². The number of anilines is 1. The number of sulfonamides is 1. The van der Waals surface area contributed by atoms with Crippen LogP contribution < -0.4 is 9.62 Å². The Bertz CT molecular complexity index is 1460. The normalized spacial score (nSPS) is 14.5. The Morgan fingerprint density at radius 2 is 1.52 bits per heavy atom. The van der Waals surface area contributed by atoms with Crippen molar-refractivity contribution < 1.29 is 18.0 Å². The van der Waals surface area contributed by atoms with E-state index < -0.39 is 28.5 Å². The minimum atomic E-state index is -4.19. The highest BCUT2D eigenvalue weighted by molar-refractivity contribution is 7.92. The third-order valence-corrected chi connectivity index (χ3v) is 9.64. The average Bonchev–Trinajstić information content (AvgIpc) is 3.44. The van der Waals surface area contributed by atoms with Crippen LogP contribution in [0, 0.1) is 6.92 Å². The third-order valence-electron chi connectivity index (χ3n) is 7.18. The van der Waals surface area contributed by atoms with Crippen LogP contribution in [-0.4, -0.2) is 43.8 Å². The number of hydrogen-bond acceptors (Lipinski definition) is 4. The predicted molar refractivity (Wildman–Crippen MR) is 159 cm³/mol. The molecule has 4 rings (SSSR count). The van der Waals surface area contributed by atoms with E-state index in [-0.39, 0.29) is 34.1 Å². The summed E-state index contributed by atoms with van der Waals surface area (Å²) in [6, 6.07) is 19.1. The molecule has 1 saturated carbocycles. The van der Waals surface area contributed by atoms with Gasteiger partial charge >= 0.3 is 0 Å². The molecule has 0 radical (unpaired) electrons. The van der Waals surface area contributed by atoms with E-state index in [0.717, 1.165) is 35.6 Å². The minimum Gasteiger partial charge on any atom is -0.352 e. The number of carbonyl (C=O) groups excluding carboxylic acids is 2. The summed E-state index contributed by atoms with van der Waals surface area (Å²) in [7, 11) is -4.19. The number of nitrogens with one attached hydrogen (secondary N) is 1. The first kappa shape index (κ1) is 29.9. The number of amides is 2. The van der Waals surface area contributed by atoms with Gasteiger partial charge in [-0.05, 0) is 62.6 Å². The largest absolute Gasteiger partial charge is 0.352 e. The predicted octanol–water partition coefficient (Wildman–Crippen LogP) is 5.97. The average molecular weight is 603 g/mol. The van der Waals surface area contributed by atoms with Gasteiger partial charge in [-0.3, -0.25) is 13.9 Å². The van der Waals surface area contributed by atoms with Crippen molar-refractivity contribution >= 4 is 50.7 Å². The molecule has 212 valence electrons. The number of halogens is 2. The first-order valence-corrected chi connectivity index (χ1v) is 15.4. The van der Waals surface area contributed by atoms with Crippen molar-refractivity contribution in [2.75, 3.05) is 10.8 Å². The Morgan fingerprint density at radius 1 is 0.925 bits per heavy atom. The molecule has 0 aromatic heterocycles. The van der Waals surface area contributed by atoms with Gasteiger partial charge in [0, 0.05) is 17.6 Å². The molecule has 0 bridgehead atoms. The highest BCUT2D eigenvalue weighted by Gasteiger charge is 2.34. The number of aryl methyl sites for hydroxylation is 1. The molecule has 0 heterocycles. The molecule has 3 aromatic rings. The zero-order valence-electron chi connectivity index (χ0n) is 22.5. The van der Waals surface area contributed by atoms with E-state index in [0.29, 0.717) is 10.6 Å². The molecule has 0 aliphatic heterocycles. The molecule has 3 aromatic carbocycles. The van der Waals surface area contributed by atoms with Gasteiger partial charge in [-0.25, -0.2) is 8.42 Å². The van der Waals surface area contributed by atoms with Crippen LogP contribution in [0.5, 0.6) is 0 Å². The standard InChI is InChI=1S/C30H33Cl2N3O4S/c1-21-15-17-25(18-16-21)40(38,39)35(28-14-8-7-13-27(28)32)20-29(36)34(19-23-9-3-6-12-26(23)31)22(2)30(37)33-24-10-4-5-11-24/h3,6-9,12-18,22,24H,4-5,10-11,19-20H2,1-2H3,(H,33,37)/t22-/m1/s1. The highest BCUT2D eigenvalue weighted by Crippen LogP contribution is 2.31. The summed E-state index contributed by atoms with van der Waals surface area (Å²) in [5.74, 6) is -0.859. The van der Waals surface area contributed by atoms with E-state index in [1.807, 2.05) is 6.92 Å². The van der Waals surface area contributed by atoms with Crippen LogP contribution in [0.4, 0.5) is 5.69 Å². The minimum absolute atomic E-state index is 0.0236. The zero-order valence-corrected chi connectivity index (χ0v) is 24.8. The Morgan fingerprint density at radius 3 is 2.15 bits per heavy atom. The summed E-state index contributed by atoms with van der Waals surface area (Å²) < 4.78 is 28.8. The molecule has 1 atom stereocenters. The van der Waals surface area contributed by atoms with E-state index in [1.165, 1.54) is 17.0 Å². The lowest BCUT2D eigenvalue weighted by molar-refractivity contribution is -0.139. The molecule has 1 aliphatic rings. The van der Waals surface area contributed by atoms with E-state index in [2.05, 4.69) is 5.32 Å². The van der Waals surface area contributed by atoms with Crippen LogP contribution in [-0.2, 0) is 26.2 Å². The molecule has 1 fully saturated rings. The van der Waals surface area contributed by atoms with Crippen LogP contribution in [0.3, 0.4) is 0 Å². The maximum absolute atomic E-state index is 14.0. The van der Waals surface area contributed by atoms with Crippen molar-refractivity contribution in [1.29, 1.82) is 0 Å². The van der Waals surface area contributed by atoms with E-state index >= 15 is 0 Å². The lowest BCUT2D eigenvalue weighted by atomic mass is 10.1. The number of benzene rings is 3. The molecule has 0 saturated heterocycles. The fourth-order valence-electron chi connectivity index (χ4n) is 4.79. The van der Waals surface area contributed by atoms with Gasteiger partial charge in [-0.1, -0.05) is 84.1 Å². The molecule has 1 aliphatic carbocycles. The van der Waals surface area contributed by atoms with Gasteiger partial charge in [-0.2, -0.15) is 0 Å². The SMILES string of the molecule is Cc1ccc(S(=O)(=O)N(CC(=O)N(Cc2ccccc2Cl)[C@H](C)C(=O)NC2CCCC2)c2ccccc2Cl)cc1. The van der Waals surface area contributed by atoms with Crippen molar-refractivity contribution in [1.82, 2.24) is 10.2 Å². The Kier molecular flexibility index (Phi) is 9.77. The summed E-state index contributed by atoms with van der Waals surface area (Å²) in [6.45, 7) is 2.97. The van der Waals surface area contributed by atoms with Gasteiger partial charge in [-0.15, -0.1) is 0 Å². The number of nitrogens with zero attached hydrogens (tertiary/aromatic N) is 2. The summed E-state index contributed by atoms with van der Waals surface area (Å²) in [4.78, 5) is 28.7. The number of rotatable bonds is 10. The lowest BCUT2D eigenvalue weighted by Crippen LogP contribution is -2.52. The van der Waals surface area contributed by atoms with Crippen molar-refractivity contribution in [2.24, 2.45) is 0 Å². The molecular formula is C30H33Cl2N3O4S. The Labute approximate surface area is 246 Å². The van der Waals surface area contributed by atoms with Crippen LogP contribution >= 0.6 is 23.2 Å². The molecule has 7 nitrogen and oxygen atoms in total. The summed E-state index contributed by atoms with van der Waals surface area (Å²) in [5.41, 5.74) is 1.70. The topological polar surface area (TPSA) is 86.8 Å². The lowest BCUT2D eigenvalue weighted by Gasteiger charge is -2.33. The monoisotopic (exact) mass is 601 g/mol. The van der Waals surface area contributed by atoms with Gasteiger partial charge in [0.25, 0.3) is 10.0 Å². The molecule has 0 unspecified atom stereocenters. The van der Waals surface area contributed by atoms with Gasteiger partial charge in [0.1, 0.15) is 12.6 Å². The second-order valence-electron chi connectivity index (χ2n) is 10.1. The quantitative estimate of drug-likeness (QED) is 0.310. The summed E-state index contributed by atoms with van der Waals surface area (Å²) in [5, 5.41) is 3.67. The van der Waals surface area contributed by atoms with Gasteiger partial charge in [0.2, 0.25) is 11.8 Å². The molecular weight excluding hydrogens is 569 g/mol. The number of hydrogen-bond donors (Lipinski definition) is 1. The number of para-hydroxylation sites is 1. The first-order valence-electron chi connectivity index (χ1n) is 13.2. The van der Waals surface area contributed by atoms with Crippen molar-refractivity contribution in [2.45, 2.75) is 63.1 Å². The van der Waals surface area contributed by atoms with Crippen molar-refractivity contribution in [3.05, 3.63) is 94.0 Å². The molecule has 10 heteroatoms. The van der Waals surface area contributed by atoms with Crippen LogP contribution in [0.1, 0.15) is 43.7 Å². The van der Waals surface area contributed by atoms with Crippen molar-refractivity contribution in [3.63, 3.8) is 0 Å². The Balaban J connectivity index is 1.70. The zero-order chi connectivity index (χ0) is 28.9. The highest BCUT2D eigenvalue weighted by atomic mass is 35.5. The third kappa shape index (κ3) is 6.97. The fraction of sp³-hybridized carbons (Fsp3) is 0.333. The van der Waals surface area contributed by atoms with E-state index in [9.17, 15) is 18.0 Å². The second-order valence-corrected chi connectivity index (χ2v) is 12.7. The smallest absolute Gasteiger partial charge is 0.264 e. The van der Waals surface area contributed by atoms with Crippen LogP contribution in [0.25, 0.3) is 0 Å².